The molecule has 1 aromatic heterocycles. The van der Waals surface area contributed by atoms with E-state index in [0.717, 1.165) is 30.5 Å². The van der Waals surface area contributed by atoms with Gasteiger partial charge in [0, 0.05) is 24.2 Å². The van der Waals surface area contributed by atoms with E-state index in [1.807, 2.05) is 6.20 Å². The first kappa shape index (κ1) is 17.0. The molecule has 1 rings (SSSR count). The van der Waals surface area contributed by atoms with Gasteiger partial charge in [-0.05, 0) is 19.3 Å². The first-order valence-electron chi connectivity index (χ1n) is 7.69. The standard InChI is InChI=1S/C15H28N4S/c1-5-12(6-2)9-18-15(16-8-4)19-11-14-17-10-13(7-3)20-14/h10,12H,5-9,11H2,1-4H3,(H2,16,18,19). The van der Waals surface area contributed by atoms with Crippen molar-refractivity contribution in [3.05, 3.63) is 16.1 Å². The fourth-order valence-corrected chi connectivity index (χ4v) is 2.68. The lowest BCUT2D eigenvalue weighted by Crippen LogP contribution is -2.39. The fraction of sp³-hybridized carbons (Fsp3) is 0.733. The Bertz CT molecular complexity index is 396. The zero-order valence-corrected chi connectivity index (χ0v) is 14.0. The summed E-state index contributed by atoms with van der Waals surface area (Å²) >= 11 is 1.75. The molecule has 20 heavy (non-hydrogen) atoms. The number of nitrogens with one attached hydrogen (secondary N) is 2. The second-order valence-electron chi connectivity index (χ2n) is 4.83. The van der Waals surface area contributed by atoms with Crippen LogP contribution in [0, 0.1) is 5.92 Å². The predicted molar refractivity (Wildman–Crippen MR) is 88.4 cm³/mol. The van der Waals surface area contributed by atoms with Crippen LogP contribution in [0.2, 0.25) is 0 Å². The Balaban J connectivity index is 2.53. The van der Waals surface area contributed by atoms with Gasteiger partial charge in [0.05, 0.1) is 6.54 Å². The molecule has 0 unspecified atom stereocenters. The summed E-state index contributed by atoms with van der Waals surface area (Å²) < 4.78 is 0. The van der Waals surface area contributed by atoms with Gasteiger partial charge in [-0.1, -0.05) is 33.6 Å². The van der Waals surface area contributed by atoms with Crippen molar-refractivity contribution >= 4 is 17.3 Å². The van der Waals surface area contributed by atoms with Gasteiger partial charge in [-0.25, -0.2) is 9.98 Å². The summed E-state index contributed by atoms with van der Waals surface area (Å²) in [6.07, 6.45) is 5.42. The average Bonchev–Trinajstić information content (AvgIpc) is 2.93. The molecule has 1 heterocycles. The summed E-state index contributed by atoms with van der Waals surface area (Å²) in [6, 6.07) is 0. The lowest BCUT2D eigenvalue weighted by molar-refractivity contribution is 0.481. The van der Waals surface area contributed by atoms with Crippen molar-refractivity contribution in [2.45, 2.75) is 53.5 Å². The first-order valence-corrected chi connectivity index (χ1v) is 8.50. The first-order chi connectivity index (χ1) is 9.73. The minimum absolute atomic E-state index is 0.656. The Morgan fingerprint density at radius 2 is 2.00 bits per heavy atom. The maximum atomic E-state index is 4.61. The SMILES string of the molecule is CCNC(=NCc1ncc(CC)s1)NCC(CC)CC. The highest BCUT2D eigenvalue weighted by Gasteiger charge is 2.05. The maximum Gasteiger partial charge on any atom is 0.191 e. The number of aromatic nitrogens is 1. The highest BCUT2D eigenvalue weighted by Crippen LogP contribution is 2.14. The van der Waals surface area contributed by atoms with Crippen LogP contribution in [0.25, 0.3) is 0 Å². The van der Waals surface area contributed by atoms with Crippen LogP contribution in [0.1, 0.15) is 50.4 Å². The Morgan fingerprint density at radius 1 is 1.25 bits per heavy atom. The number of hydrogen-bond donors (Lipinski definition) is 2. The lowest BCUT2D eigenvalue weighted by Gasteiger charge is -2.16. The average molecular weight is 296 g/mol. The third kappa shape index (κ3) is 5.90. The summed E-state index contributed by atoms with van der Waals surface area (Å²) in [5, 5.41) is 7.81. The summed E-state index contributed by atoms with van der Waals surface area (Å²) in [5.41, 5.74) is 0. The minimum atomic E-state index is 0.656. The van der Waals surface area contributed by atoms with E-state index in [9.17, 15) is 0 Å². The van der Waals surface area contributed by atoms with Crippen LogP contribution in [-0.2, 0) is 13.0 Å². The Morgan fingerprint density at radius 3 is 2.55 bits per heavy atom. The molecular weight excluding hydrogens is 268 g/mol. The molecule has 0 aliphatic rings. The zero-order valence-electron chi connectivity index (χ0n) is 13.2. The van der Waals surface area contributed by atoms with Gasteiger partial charge in [-0.2, -0.15) is 0 Å². The van der Waals surface area contributed by atoms with Gasteiger partial charge in [-0.3, -0.25) is 0 Å². The highest BCUT2D eigenvalue weighted by atomic mass is 32.1. The summed E-state index contributed by atoms with van der Waals surface area (Å²) in [6.45, 7) is 11.2. The number of hydrogen-bond acceptors (Lipinski definition) is 3. The monoisotopic (exact) mass is 296 g/mol. The van der Waals surface area contributed by atoms with Crippen molar-refractivity contribution in [2.24, 2.45) is 10.9 Å². The molecule has 0 bridgehead atoms. The normalized spacial score (nSPS) is 11.9. The quantitative estimate of drug-likeness (QED) is 0.572. The van der Waals surface area contributed by atoms with Crippen LogP contribution in [-0.4, -0.2) is 24.0 Å². The van der Waals surface area contributed by atoms with Gasteiger partial charge in [-0.15, -0.1) is 11.3 Å². The van der Waals surface area contributed by atoms with E-state index in [0.29, 0.717) is 12.5 Å². The van der Waals surface area contributed by atoms with E-state index in [4.69, 9.17) is 0 Å². The fourth-order valence-electron chi connectivity index (χ4n) is 1.89. The molecule has 0 atom stereocenters. The number of nitrogens with zero attached hydrogens (tertiary/aromatic N) is 2. The Kier molecular flexibility index (Phi) is 8.26. The second-order valence-corrected chi connectivity index (χ2v) is 6.03. The molecule has 0 aliphatic carbocycles. The highest BCUT2D eigenvalue weighted by molar-refractivity contribution is 7.11. The number of rotatable bonds is 8. The summed E-state index contributed by atoms with van der Waals surface area (Å²) in [5.74, 6) is 1.61. The molecule has 1 aromatic rings. The molecule has 0 aromatic carbocycles. The van der Waals surface area contributed by atoms with E-state index in [1.165, 1.54) is 17.7 Å². The molecule has 2 N–H and O–H groups in total. The molecule has 4 nitrogen and oxygen atoms in total. The molecule has 0 saturated carbocycles. The van der Waals surface area contributed by atoms with Crippen LogP contribution < -0.4 is 10.6 Å². The maximum absolute atomic E-state index is 4.61. The van der Waals surface area contributed by atoms with Gasteiger partial charge in [0.2, 0.25) is 0 Å². The summed E-state index contributed by atoms with van der Waals surface area (Å²) in [4.78, 5) is 10.3. The molecule has 0 amide bonds. The molecule has 0 saturated heterocycles. The third-order valence-electron chi connectivity index (χ3n) is 3.38. The third-order valence-corrected chi connectivity index (χ3v) is 4.51. The van der Waals surface area contributed by atoms with Gasteiger partial charge in [0.25, 0.3) is 0 Å². The van der Waals surface area contributed by atoms with Crippen LogP contribution in [0.4, 0.5) is 0 Å². The van der Waals surface area contributed by atoms with Gasteiger partial charge >= 0.3 is 0 Å². The van der Waals surface area contributed by atoms with Crippen molar-refractivity contribution < 1.29 is 0 Å². The molecule has 0 aliphatic heterocycles. The second kappa shape index (κ2) is 9.75. The molecule has 114 valence electrons. The lowest BCUT2D eigenvalue weighted by atomic mass is 10.0. The van der Waals surface area contributed by atoms with Crippen LogP contribution in [0.5, 0.6) is 0 Å². The van der Waals surface area contributed by atoms with Crippen molar-refractivity contribution in [1.82, 2.24) is 15.6 Å². The van der Waals surface area contributed by atoms with Gasteiger partial charge < -0.3 is 10.6 Å². The van der Waals surface area contributed by atoms with Gasteiger partial charge in [0.1, 0.15) is 5.01 Å². The number of thiazole rings is 1. The molecule has 5 heteroatoms. The molecule has 0 spiro atoms. The van der Waals surface area contributed by atoms with E-state index >= 15 is 0 Å². The largest absolute Gasteiger partial charge is 0.357 e. The summed E-state index contributed by atoms with van der Waals surface area (Å²) in [7, 11) is 0. The van der Waals surface area contributed by atoms with Crippen LogP contribution in [0.3, 0.4) is 0 Å². The molecule has 0 radical (unpaired) electrons. The van der Waals surface area contributed by atoms with Crippen LogP contribution in [0.15, 0.2) is 11.2 Å². The van der Waals surface area contributed by atoms with Crippen molar-refractivity contribution in [2.75, 3.05) is 13.1 Å². The van der Waals surface area contributed by atoms with Crippen molar-refractivity contribution in [3.63, 3.8) is 0 Å². The number of aliphatic imine (C=N–C) groups is 1. The molecular formula is C15H28N4S. The van der Waals surface area contributed by atoms with E-state index in [-0.39, 0.29) is 0 Å². The predicted octanol–water partition coefficient (Wildman–Crippen LogP) is 3.20. The topological polar surface area (TPSA) is 49.3 Å². The van der Waals surface area contributed by atoms with Crippen molar-refractivity contribution in [1.29, 1.82) is 0 Å². The minimum Gasteiger partial charge on any atom is -0.357 e. The Labute approximate surface area is 127 Å². The van der Waals surface area contributed by atoms with E-state index < -0.39 is 0 Å². The number of guanidine groups is 1. The van der Waals surface area contributed by atoms with E-state index in [2.05, 4.69) is 48.3 Å². The molecule has 0 fully saturated rings. The smallest absolute Gasteiger partial charge is 0.191 e. The Hall–Kier alpha value is -1.10. The van der Waals surface area contributed by atoms with Crippen molar-refractivity contribution in [3.8, 4) is 0 Å². The van der Waals surface area contributed by atoms with Crippen LogP contribution >= 0.6 is 11.3 Å². The number of aryl methyl sites for hydroxylation is 1. The van der Waals surface area contributed by atoms with Gasteiger partial charge in [0.15, 0.2) is 5.96 Å². The van der Waals surface area contributed by atoms with E-state index in [1.54, 1.807) is 11.3 Å². The zero-order chi connectivity index (χ0) is 14.8.